The van der Waals surface area contributed by atoms with Crippen LogP contribution in [0.15, 0.2) is 89.9 Å². The van der Waals surface area contributed by atoms with Crippen molar-refractivity contribution in [2.75, 3.05) is 11.4 Å². The predicted octanol–water partition coefficient (Wildman–Crippen LogP) is 5.26. The zero-order valence-electron chi connectivity index (χ0n) is 18.8. The van der Waals surface area contributed by atoms with Gasteiger partial charge in [0.25, 0.3) is 5.56 Å². The van der Waals surface area contributed by atoms with Crippen LogP contribution in [0.2, 0.25) is 0 Å². The van der Waals surface area contributed by atoms with E-state index < -0.39 is 29.4 Å². The van der Waals surface area contributed by atoms with Gasteiger partial charge < -0.3 is 14.5 Å². The highest BCUT2D eigenvalue weighted by molar-refractivity contribution is 5.96. The van der Waals surface area contributed by atoms with Crippen molar-refractivity contribution in [2.45, 2.75) is 6.18 Å². The number of ether oxygens (including phenoxy) is 2. The van der Waals surface area contributed by atoms with Gasteiger partial charge in [0.05, 0.1) is 17.7 Å². The minimum atomic E-state index is -4.60. The number of hydrogen-bond donors (Lipinski definition) is 1. The quantitative estimate of drug-likeness (QED) is 0.299. The Morgan fingerprint density at radius 1 is 1.08 bits per heavy atom. The Morgan fingerprint density at radius 3 is 2.65 bits per heavy atom. The maximum atomic E-state index is 13.5. The van der Waals surface area contributed by atoms with Crippen LogP contribution in [0.3, 0.4) is 0 Å². The fourth-order valence-corrected chi connectivity index (χ4v) is 3.87. The molecule has 0 unspecified atom stereocenters. The maximum Gasteiger partial charge on any atom is 0.420 e. The van der Waals surface area contributed by atoms with E-state index in [2.05, 4.69) is 9.97 Å². The molecule has 0 atom stereocenters. The number of cyclic esters (lactones) is 1. The van der Waals surface area contributed by atoms with E-state index in [0.29, 0.717) is 11.1 Å². The molecule has 2 aromatic heterocycles. The Bertz CT molecular complexity index is 1610. The largest absolute Gasteiger partial charge is 0.427 e. The highest BCUT2D eigenvalue weighted by Gasteiger charge is 2.34. The fraction of sp³-hybridized carbons (Fsp3) is 0.0769. The van der Waals surface area contributed by atoms with Gasteiger partial charge in [0.15, 0.2) is 5.76 Å². The number of amides is 1. The lowest BCUT2D eigenvalue weighted by atomic mass is 10.0. The van der Waals surface area contributed by atoms with Gasteiger partial charge in [0, 0.05) is 34.7 Å². The van der Waals surface area contributed by atoms with Crippen molar-refractivity contribution < 1.29 is 32.2 Å². The van der Waals surface area contributed by atoms with Crippen LogP contribution in [0.4, 0.5) is 23.7 Å². The molecule has 1 aliphatic rings. The molecule has 11 heteroatoms. The number of aromatic nitrogens is 2. The topological polar surface area (TPSA) is 102 Å². The molecule has 37 heavy (non-hydrogen) atoms. The van der Waals surface area contributed by atoms with Crippen LogP contribution in [0, 0.1) is 0 Å². The first kappa shape index (κ1) is 23.8. The molecule has 1 saturated heterocycles. The van der Waals surface area contributed by atoms with Gasteiger partial charge in [0.1, 0.15) is 6.26 Å². The van der Waals surface area contributed by atoms with E-state index >= 15 is 0 Å². The molecular weight excluding hydrogens is 491 g/mol. The lowest BCUT2D eigenvalue weighted by molar-refractivity contribution is -0.137. The Kier molecular flexibility index (Phi) is 5.96. The number of H-pyrrole nitrogens is 1. The Hall–Kier alpha value is -4.93. The zero-order valence-corrected chi connectivity index (χ0v) is 18.8. The number of carbonyl (C=O) groups excluding carboxylic acids is 2. The van der Waals surface area contributed by atoms with Gasteiger partial charge in [-0.2, -0.15) is 13.2 Å². The molecule has 1 N–H and O–H groups in total. The molecule has 1 aliphatic heterocycles. The summed E-state index contributed by atoms with van der Waals surface area (Å²) in [5, 5.41) is 0.548. The SMILES string of the molecule is O=C(O/C=C1/CN(c2ccc3cc(-c4ccccc4C(F)(F)F)[nH]c(=O)c3c2)C(=O)O1)c1cccnc1. The first-order valence-corrected chi connectivity index (χ1v) is 10.8. The molecule has 0 saturated carbocycles. The molecule has 5 rings (SSSR count). The molecule has 0 radical (unpaired) electrons. The summed E-state index contributed by atoms with van der Waals surface area (Å²) in [5.41, 5.74) is -1.11. The normalized spacial score (nSPS) is 14.7. The molecule has 2 aromatic carbocycles. The summed E-state index contributed by atoms with van der Waals surface area (Å²) in [6.07, 6.45) is -1.50. The predicted molar refractivity (Wildman–Crippen MR) is 127 cm³/mol. The summed E-state index contributed by atoms with van der Waals surface area (Å²) < 4.78 is 50.5. The van der Waals surface area contributed by atoms with E-state index in [1.807, 2.05) is 0 Å². The highest BCUT2D eigenvalue weighted by atomic mass is 19.4. The van der Waals surface area contributed by atoms with Crippen molar-refractivity contribution >= 4 is 28.5 Å². The van der Waals surface area contributed by atoms with Crippen LogP contribution in [0.1, 0.15) is 15.9 Å². The maximum absolute atomic E-state index is 13.5. The van der Waals surface area contributed by atoms with Gasteiger partial charge in [-0.05, 0) is 41.8 Å². The number of hydrogen-bond acceptors (Lipinski definition) is 6. The number of rotatable bonds is 4. The second kappa shape index (κ2) is 9.26. The van der Waals surface area contributed by atoms with E-state index in [4.69, 9.17) is 9.47 Å². The van der Waals surface area contributed by atoms with Crippen molar-refractivity contribution in [3.63, 3.8) is 0 Å². The third kappa shape index (κ3) is 4.79. The van der Waals surface area contributed by atoms with Crippen LogP contribution in [0.5, 0.6) is 0 Å². The molecule has 0 spiro atoms. The van der Waals surface area contributed by atoms with Crippen molar-refractivity contribution in [1.29, 1.82) is 0 Å². The van der Waals surface area contributed by atoms with Crippen LogP contribution in [0.25, 0.3) is 22.0 Å². The number of nitrogens with one attached hydrogen (secondary N) is 1. The van der Waals surface area contributed by atoms with Crippen LogP contribution >= 0.6 is 0 Å². The van der Waals surface area contributed by atoms with E-state index in [9.17, 15) is 27.6 Å². The molecule has 186 valence electrons. The number of alkyl halides is 3. The van der Waals surface area contributed by atoms with Crippen molar-refractivity contribution in [2.24, 2.45) is 0 Å². The Balaban J connectivity index is 1.41. The van der Waals surface area contributed by atoms with Crippen molar-refractivity contribution in [1.82, 2.24) is 9.97 Å². The lowest BCUT2D eigenvalue weighted by Gasteiger charge is -2.15. The summed E-state index contributed by atoms with van der Waals surface area (Å²) in [6, 6.07) is 14.0. The van der Waals surface area contributed by atoms with Gasteiger partial charge in [-0.3, -0.25) is 14.7 Å². The summed E-state index contributed by atoms with van der Waals surface area (Å²) >= 11 is 0. The molecule has 1 fully saturated rings. The highest BCUT2D eigenvalue weighted by Crippen LogP contribution is 2.36. The Labute approximate surface area is 206 Å². The summed E-state index contributed by atoms with van der Waals surface area (Å²) in [6.45, 7) is -0.0698. The second-order valence-electron chi connectivity index (χ2n) is 8.01. The Morgan fingerprint density at radius 2 is 1.89 bits per heavy atom. The minimum Gasteiger partial charge on any atom is -0.427 e. The summed E-state index contributed by atoms with van der Waals surface area (Å²) in [5.74, 6) is -0.620. The third-order valence-corrected chi connectivity index (χ3v) is 5.61. The smallest absolute Gasteiger partial charge is 0.420 e. The van der Waals surface area contributed by atoms with E-state index in [-0.39, 0.29) is 34.5 Å². The molecule has 0 bridgehead atoms. The second-order valence-corrected chi connectivity index (χ2v) is 8.01. The molecule has 3 heterocycles. The van der Waals surface area contributed by atoms with Crippen LogP contribution in [-0.2, 0) is 15.7 Å². The molecular formula is C26H16F3N3O5. The number of nitrogens with zero attached hydrogens (tertiary/aromatic N) is 2. The number of halogens is 3. The average Bonchev–Trinajstić information content (AvgIpc) is 3.27. The monoisotopic (exact) mass is 507 g/mol. The number of pyridine rings is 2. The van der Waals surface area contributed by atoms with Gasteiger partial charge in [-0.15, -0.1) is 0 Å². The van der Waals surface area contributed by atoms with Crippen LogP contribution < -0.4 is 10.5 Å². The van der Waals surface area contributed by atoms with E-state index in [1.54, 1.807) is 6.07 Å². The number of esters is 1. The summed E-state index contributed by atoms with van der Waals surface area (Å²) in [7, 11) is 0. The molecule has 8 nitrogen and oxygen atoms in total. The first-order valence-electron chi connectivity index (χ1n) is 10.8. The number of benzene rings is 2. The fourth-order valence-electron chi connectivity index (χ4n) is 3.87. The lowest BCUT2D eigenvalue weighted by Crippen LogP contribution is -2.23. The van der Waals surface area contributed by atoms with E-state index in [0.717, 1.165) is 12.3 Å². The van der Waals surface area contributed by atoms with Crippen molar-refractivity contribution in [3.8, 4) is 11.3 Å². The molecule has 0 aliphatic carbocycles. The van der Waals surface area contributed by atoms with Gasteiger partial charge in [-0.25, -0.2) is 9.59 Å². The van der Waals surface area contributed by atoms with E-state index in [1.165, 1.54) is 65.8 Å². The minimum absolute atomic E-state index is 0.0133. The van der Waals surface area contributed by atoms with Crippen molar-refractivity contribution in [3.05, 3.63) is 107 Å². The van der Waals surface area contributed by atoms with Gasteiger partial charge >= 0.3 is 18.2 Å². The zero-order chi connectivity index (χ0) is 26.2. The number of fused-ring (bicyclic) bond motifs is 1. The average molecular weight is 507 g/mol. The number of aromatic amines is 1. The molecule has 4 aromatic rings. The van der Waals surface area contributed by atoms with Gasteiger partial charge in [-0.1, -0.05) is 24.3 Å². The number of anilines is 1. The first-order chi connectivity index (χ1) is 17.7. The number of carbonyl (C=O) groups is 2. The molecule has 1 amide bonds. The standard InChI is InChI=1S/C26H16F3N3O5/c27-26(28,29)21-6-2-1-5-19(21)22-10-15-7-8-17(11-20(15)23(33)31-22)32-13-18(37-25(32)35)14-36-24(34)16-4-3-9-30-12-16/h1-12,14H,13H2,(H,31,33)/b18-14-. The third-order valence-electron chi connectivity index (χ3n) is 5.61. The summed E-state index contributed by atoms with van der Waals surface area (Å²) in [4.78, 5) is 44.8. The van der Waals surface area contributed by atoms with Crippen LogP contribution in [-0.4, -0.2) is 28.6 Å². The van der Waals surface area contributed by atoms with Gasteiger partial charge in [0.2, 0.25) is 0 Å².